The number of benzene rings is 1. The Balaban J connectivity index is 2.25. The molecule has 0 radical (unpaired) electrons. The van der Waals surface area contributed by atoms with Gasteiger partial charge in [0.15, 0.2) is 0 Å². The monoisotopic (exact) mass is 281 g/mol. The van der Waals surface area contributed by atoms with Crippen LogP contribution in [0.25, 0.3) is 0 Å². The summed E-state index contributed by atoms with van der Waals surface area (Å²) >= 11 is 6.02. The number of anilines is 1. The van der Waals surface area contributed by atoms with Crippen LogP contribution >= 0.6 is 11.6 Å². The minimum atomic E-state index is -0.886. The van der Waals surface area contributed by atoms with Crippen molar-refractivity contribution in [1.29, 1.82) is 0 Å². The van der Waals surface area contributed by atoms with Gasteiger partial charge >= 0.3 is 5.97 Å². The lowest BCUT2D eigenvalue weighted by atomic mass is 9.98. The Morgan fingerprint density at radius 1 is 1.42 bits per heavy atom. The second-order valence-corrected chi connectivity index (χ2v) is 5.60. The van der Waals surface area contributed by atoms with Crippen molar-refractivity contribution in [2.75, 3.05) is 18.0 Å². The van der Waals surface area contributed by atoms with Crippen LogP contribution in [0.4, 0.5) is 5.69 Å². The third-order valence-corrected chi connectivity index (χ3v) is 4.19. The molecule has 0 spiro atoms. The summed E-state index contributed by atoms with van der Waals surface area (Å²) in [5.74, 6) is -0.125. The number of carboxylic acid groups (broad SMARTS) is 1. The van der Waals surface area contributed by atoms with Crippen LogP contribution in [-0.2, 0) is 0 Å². The maximum absolute atomic E-state index is 11.3. The second-order valence-electron chi connectivity index (χ2n) is 5.16. The van der Waals surface area contributed by atoms with Crippen molar-refractivity contribution in [2.45, 2.75) is 32.6 Å². The molecular weight excluding hydrogens is 262 g/mol. The molecule has 1 aromatic carbocycles. The molecule has 2 rings (SSSR count). The Labute approximate surface area is 119 Å². The summed E-state index contributed by atoms with van der Waals surface area (Å²) in [6.45, 7) is 4.05. The first-order valence-electron chi connectivity index (χ1n) is 6.89. The van der Waals surface area contributed by atoms with Gasteiger partial charge < -0.3 is 10.0 Å². The number of aromatic carboxylic acids is 1. The van der Waals surface area contributed by atoms with Crippen molar-refractivity contribution >= 4 is 23.3 Å². The van der Waals surface area contributed by atoms with Crippen LogP contribution in [0.15, 0.2) is 18.2 Å². The molecule has 1 atom stereocenters. The van der Waals surface area contributed by atoms with Gasteiger partial charge in [-0.2, -0.15) is 0 Å². The summed E-state index contributed by atoms with van der Waals surface area (Å²) in [6.07, 6.45) is 4.68. The molecule has 1 fully saturated rings. The fourth-order valence-corrected chi connectivity index (χ4v) is 2.93. The Hall–Kier alpha value is -1.22. The van der Waals surface area contributed by atoms with Crippen molar-refractivity contribution in [3.63, 3.8) is 0 Å². The van der Waals surface area contributed by atoms with Gasteiger partial charge in [0.1, 0.15) is 0 Å². The molecule has 1 unspecified atom stereocenters. The highest BCUT2D eigenvalue weighted by Crippen LogP contribution is 2.29. The Bertz CT molecular complexity index is 461. The number of carbonyl (C=O) groups is 1. The summed E-state index contributed by atoms with van der Waals surface area (Å²) in [5.41, 5.74) is 1.11. The highest BCUT2D eigenvalue weighted by atomic mass is 35.5. The quantitative estimate of drug-likeness (QED) is 0.908. The van der Waals surface area contributed by atoms with E-state index in [-0.39, 0.29) is 0 Å². The van der Waals surface area contributed by atoms with E-state index in [1.165, 1.54) is 12.8 Å². The van der Waals surface area contributed by atoms with Crippen molar-refractivity contribution < 1.29 is 9.90 Å². The van der Waals surface area contributed by atoms with Gasteiger partial charge in [0.05, 0.1) is 11.3 Å². The predicted octanol–water partition coefficient (Wildman–Crippen LogP) is 4.05. The van der Waals surface area contributed by atoms with Crippen LogP contribution in [0.5, 0.6) is 0 Å². The maximum Gasteiger partial charge on any atom is 0.337 e. The lowest BCUT2D eigenvalue weighted by Gasteiger charge is -2.24. The lowest BCUT2D eigenvalue weighted by Crippen LogP contribution is -2.26. The number of halogens is 1. The molecule has 1 aromatic rings. The molecule has 0 amide bonds. The number of hydrogen-bond acceptors (Lipinski definition) is 2. The molecule has 0 aromatic heterocycles. The standard InChI is InChI=1S/C15H20ClNO2/c1-2-11-4-3-8-17(9-7-11)14-10-12(16)5-6-13(14)15(18)19/h5-6,10-11H,2-4,7-9H2,1H3,(H,18,19). The van der Waals surface area contributed by atoms with Crippen LogP contribution in [0.3, 0.4) is 0 Å². The molecule has 0 aliphatic carbocycles. The van der Waals surface area contributed by atoms with Crippen molar-refractivity contribution in [2.24, 2.45) is 5.92 Å². The number of hydrogen-bond donors (Lipinski definition) is 1. The molecule has 1 heterocycles. The molecule has 104 valence electrons. The highest BCUT2D eigenvalue weighted by molar-refractivity contribution is 6.31. The third-order valence-electron chi connectivity index (χ3n) is 3.96. The average molecular weight is 282 g/mol. The first-order chi connectivity index (χ1) is 9.11. The molecule has 4 heteroatoms. The van der Waals surface area contributed by atoms with Crippen molar-refractivity contribution in [3.8, 4) is 0 Å². The molecule has 0 saturated carbocycles. The fraction of sp³-hybridized carbons (Fsp3) is 0.533. The van der Waals surface area contributed by atoms with E-state index in [0.717, 1.165) is 37.5 Å². The molecule has 1 aliphatic rings. The molecule has 1 N–H and O–H groups in total. The van der Waals surface area contributed by atoms with E-state index in [4.69, 9.17) is 11.6 Å². The van der Waals surface area contributed by atoms with E-state index in [9.17, 15) is 9.90 Å². The molecular formula is C15H20ClNO2. The molecule has 1 aliphatic heterocycles. The lowest BCUT2D eigenvalue weighted by molar-refractivity contribution is 0.0697. The van der Waals surface area contributed by atoms with Crippen LogP contribution in [0, 0.1) is 5.92 Å². The minimum Gasteiger partial charge on any atom is -0.478 e. The average Bonchev–Trinajstić information content (AvgIpc) is 2.63. The predicted molar refractivity (Wildman–Crippen MR) is 78.3 cm³/mol. The zero-order chi connectivity index (χ0) is 13.8. The van der Waals surface area contributed by atoms with E-state index in [1.807, 2.05) is 0 Å². The molecule has 3 nitrogen and oxygen atoms in total. The van der Waals surface area contributed by atoms with Gasteiger partial charge in [-0.15, -0.1) is 0 Å². The molecule has 1 saturated heterocycles. The largest absolute Gasteiger partial charge is 0.478 e. The third kappa shape index (κ3) is 3.41. The fourth-order valence-electron chi connectivity index (χ4n) is 2.76. The zero-order valence-electron chi connectivity index (χ0n) is 11.2. The Morgan fingerprint density at radius 2 is 2.21 bits per heavy atom. The summed E-state index contributed by atoms with van der Waals surface area (Å²) in [5, 5.41) is 9.88. The summed E-state index contributed by atoms with van der Waals surface area (Å²) < 4.78 is 0. The topological polar surface area (TPSA) is 40.5 Å². The minimum absolute atomic E-state index is 0.347. The van der Waals surface area contributed by atoms with Crippen LogP contribution in [0.2, 0.25) is 5.02 Å². The number of rotatable bonds is 3. The number of carboxylic acids is 1. The van der Waals surface area contributed by atoms with E-state index >= 15 is 0 Å². The summed E-state index contributed by atoms with van der Waals surface area (Å²) in [6, 6.07) is 5.01. The van der Waals surface area contributed by atoms with Crippen molar-refractivity contribution in [1.82, 2.24) is 0 Å². The van der Waals surface area contributed by atoms with Gasteiger partial charge in [-0.25, -0.2) is 4.79 Å². The SMILES string of the molecule is CCC1CCCN(c2cc(Cl)ccc2C(=O)O)CC1. The zero-order valence-corrected chi connectivity index (χ0v) is 12.0. The molecule has 0 bridgehead atoms. The van der Waals surface area contributed by atoms with Gasteiger partial charge in [0.25, 0.3) is 0 Å². The highest BCUT2D eigenvalue weighted by Gasteiger charge is 2.20. The van der Waals surface area contributed by atoms with E-state index < -0.39 is 5.97 Å². The Kier molecular flexibility index (Phi) is 4.70. The van der Waals surface area contributed by atoms with Gasteiger partial charge in [-0.3, -0.25) is 0 Å². The van der Waals surface area contributed by atoms with Crippen molar-refractivity contribution in [3.05, 3.63) is 28.8 Å². The van der Waals surface area contributed by atoms with Gasteiger partial charge in [-0.1, -0.05) is 24.9 Å². The summed E-state index contributed by atoms with van der Waals surface area (Å²) in [4.78, 5) is 13.5. The normalized spacial score (nSPS) is 20.1. The van der Waals surface area contributed by atoms with E-state index in [2.05, 4.69) is 11.8 Å². The van der Waals surface area contributed by atoms with E-state index in [0.29, 0.717) is 10.6 Å². The van der Waals surface area contributed by atoms with E-state index in [1.54, 1.807) is 18.2 Å². The maximum atomic E-state index is 11.3. The molecule has 19 heavy (non-hydrogen) atoms. The van der Waals surface area contributed by atoms with Gasteiger partial charge in [0.2, 0.25) is 0 Å². The van der Waals surface area contributed by atoms with Gasteiger partial charge in [0, 0.05) is 18.1 Å². The second kappa shape index (κ2) is 6.29. The first kappa shape index (κ1) is 14.2. The summed E-state index contributed by atoms with van der Waals surface area (Å²) in [7, 11) is 0. The number of nitrogens with zero attached hydrogens (tertiary/aromatic N) is 1. The van der Waals surface area contributed by atoms with Crippen LogP contribution in [-0.4, -0.2) is 24.2 Å². The first-order valence-corrected chi connectivity index (χ1v) is 7.27. The van der Waals surface area contributed by atoms with Crippen LogP contribution < -0.4 is 4.90 Å². The Morgan fingerprint density at radius 3 is 2.89 bits per heavy atom. The smallest absolute Gasteiger partial charge is 0.337 e. The van der Waals surface area contributed by atoms with Gasteiger partial charge in [-0.05, 0) is 43.4 Å². The van der Waals surface area contributed by atoms with Crippen LogP contribution in [0.1, 0.15) is 43.0 Å².